The average molecular weight is 456 g/mol. The number of nitrogens with one attached hydrogen (secondary N) is 2. The van der Waals surface area contributed by atoms with Gasteiger partial charge >= 0.3 is 18.4 Å². The standard InChI is InChI=1S/C18H19F7N4O2/c1-8(31-9(2)17(20,21)22)3-14-26-12-5-10(4-11(19)15(12)28-14)6-29-7-13(18(23,24)25)27-16(29)30/h4-5,8-9,13H,3,6-7H2,1-2H3,(H,26,28)(H,27,30)/t8-,9?,13+/m1/s1. The second kappa shape index (κ2) is 8.17. The van der Waals surface area contributed by atoms with E-state index in [4.69, 9.17) is 4.74 Å². The molecule has 0 saturated carbocycles. The molecule has 1 saturated heterocycles. The van der Waals surface area contributed by atoms with E-state index in [0.717, 1.165) is 17.9 Å². The van der Waals surface area contributed by atoms with E-state index in [-0.39, 0.29) is 35.4 Å². The van der Waals surface area contributed by atoms with E-state index < -0.39 is 49.0 Å². The molecule has 2 aromatic rings. The normalized spacial score (nSPS) is 19.7. The van der Waals surface area contributed by atoms with Crippen LogP contribution in [0.3, 0.4) is 0 Å². The third-order valence-electron chi connectivity index (χ3n) is 4.78. The molecule has 0 spiro atoms. The zero-order valence-corrected chi connectivity index (χ0v) is 16.4. The minimum absolute atomic E-state index is 0.0499. The smallest absolute Gasteiger partial charge is 0.366 e. The number of alkyl halides is 6. The topological polar surface area (TPSA) is 70.2 Å². The molecule has 2 amide bonds. The van der Waals surface area contributed by atoms with Gasteiger partial charge < -0.3 is 19.9 Å². The molecule has 1 aliphatic rings. The molecule has 1 fully saturated rings. The number of urea groups is 1. The van der Waals surface area contributed by atoms with Crippen LogP contribution in [0.4, 0.5) is 35.5 Å². The SMILES string of the molecule is CC(O[C@H](C)Cc1nc2c(F)cc(CN3C[C@@H](C(F)(F)F)NC3=O)cc2[nH]1)C(F)(F)F. The highest BCUT2D eigenvalue weighted by molar-refractivity contribution is 5.78. The number of hydrogen-bond donors (Lipinski definition) is 2. The summed E-state index contributed by atoms with van der Waals surface area (Å²) in [7, 11) is 0. The quantitative estimate of drug-likeness (QED) is 0.645. The van der Waals surface area contributed by atoms with Crippen LogP contribution < -0.4 is 5.32 Å². The Morgan fingerprint density at radius 3 is 2.48 bits per heavy atom. The molecule has 1 aromatic carbocycles. The summed E-state index contributed by atoms with van der Waals surface area (Å²) in [5, 5.41) is 1.82. The number of hydrogen-bond acceptors (Lipinski definition) is 3. The number of carbonyl (C=O) groups is 1. The van der Waals surface area contributed by atoms with Crippen molar-refractivity contribution < 1.29 is 40.3 Å². The first-order valence-electron chi connectivity index (χ1n) is 9.25. The number of rotatable bonds is 6. The van der Waals surface area contributed by atoms with Crippen molar-refractivity contribution in [1.29, 1.82) is 0 Å². The van der Waals surface area contributed by atoms with Gasteiger partial charge in [0.1, 0.15) is 17.4 Å². The summed E-state index contributed by atoms with van der Waals surface area (Å²) in [5.41, 5.74) is 0.357. The van der Waals surface area contributed by atoms with E-state index in [9.17, 15) is 35.5 Å². The fourth-order valence-corrected chi connectivity index (χ4v) is 3.25. The fourth-order valence-electron chi connectivity index (χ4n) is 3.25. The molecular formula is C18H19F7N4O2. The molecule has 0 radical (unpaired) electrons. The maximum atomic E-state index is 14.4. The largest absolute Gasteiger partial charge is 0.414 e. The van der Waals surface area contributed by atoms with Crippen molar-refractivity contribution in [3.8, 4) is 0 Å². The monoisotopic (exact) mass is 456 g/mol. The van der Waals surface area contributed by atoms with Gasteiger partial charge in [-0.2, -0.15) is 26.3 Å². The second-order valence-corrected chi connectivity index (χ2v) is 7.42. The Balaban J connectivity index is 1.72. The maximum Gasteiger partial charge on any atom is 0.414 e. The van der Waals surface area contributed by atoms with Crippen LogP contribution in [-0.2, 0) is 17.7 Å². The molecule has 3 rings (SSSR count). The Hall–Kier alpha value is -2.57. The van der Waals surface area contributed by atoms with Crippen LogP contribution in [0, 0.1) is 5.82 Å². The van der Waals surface area contributed by atoms with Gasteiger partial charge in [0.05, 0.1) is 18.2 Å². The third kappa shape index (κ3) is 5.38. The molecule has 1 unspecified atom stereocenters. The Labute approximate surface area is 171 Å². The van der Waals surface area contributed by atoms with Gasteiger partial charge in [0.2, 0.25) is 0 Å². The lowest BCUT2D eigenvalue weighted by Gasteiger charge is -2.20. The van der Waals surface area contributed by atoms with Gasteiger partial charge in [0.25, 0.3) is 0 Å². The summed E-state index contributed by atoms with van der Waals surface area (Å²) in [6.07, 6.45) is -12.0. The molecule has 3 atom stereocenters. The number of carbonyl (C=O) groups excluding carboxylic acids is 1. The number of amides is 2. The molecule has 31 heavy (non-hydrogen) atoms. The van der Waals surface area contributed by atoms with Crippen LogP contribution in [0.1, 0.15) is 25.2 Å². The van der Waals surface area contributed by atoms with Crippen LogP contribution in [0.5, 0.6) is 0 Å². The first kappa shape index (κ1) is 23.1. The number of H-pyrrole nitrogens is 1. The van der Waals surface area contributed by atoms with Crippen molar-refractivity contribution in [1.82, 2.24) is 20.2 Å². The van der Waals surface area contributed by atoms with E-state index >= 15 is 0 Å². The summed E-state index contributed by atoms with van der Waals surface area (Å²) < 4.78 is 95.5. The van der Waals surface area contributed by atoms with Gasteiger partial charge in [-0.15, -0.1) is 0 Å². The zero-order chi connectivity index (χ0) is 23.1. The predicted octanol–water partition coefficient (Wildman–Crippen LogP) is 4.06. The Morgan fingerprint density at radius 2 is 1.90 bits per heavy atom. The minimum Gasteiger partial charge on any atom is -0.366 e. The number of fused-ring (bicyclic) bond motifs is 1. The molecule has 172 valence electrons. The highest BCUT2D eigenvalue weighted by Gasteiger charge is 2.46. The van der Waals surface area contributed by atoms with Crippen molar-refractivity contribution in [2.75, 3.05) is 6.54 Å². The number of imidazole rings is 1. The second-order valence-electron chi connectivity index (χ2n) is 7.42. The lowest BCUT2D eigenvalue weighted by atomic mass is 10.1. The van der Waals surface area contributed by atoms with Crippen LogP contribution in [0.2, 0.25) is 0 Å². The first-order chi connectivity index (χ1) is 14.2. The molecule has 2 N–H and O–H groups in total. The van der Waals surface area contributed by atoms with E-state index in [0.29, 0.717) is 0 Å². The molecule has 0 aliphatic carbocycles. The van der Waals surface area contributed by atoms with Crippen molar-refractivity contribution in [2.45, 2.75) is 57.4 Å². The van der Waals surface area contributed by atoms with Gasteiger partial charge in [-0.25, -0.2) is 14.2 Å². The van der Waals surface area contributed by atoms with Gasteiger partial charge in [-0.05, 0) is 31.5 Å². The lowest BCUT2D eigenvalue weighted by molar-refractivity contribution is -0.224. The predicted molar refractivity (Wildman–Crippen MR) is 94.6 cm³/mol. The molecule has 2 heterocycles. The average Bonchev–Trinajstić information content (AvgIpc) is 3.17. The van der Waals surface area contributed by atoms with Crippen molar-refractivity contribution in [3.05, 3.63) is 29.3 Å². The molecule has 0 bridgehead atoms. The van der Waals surface area contributed by atoms with Crippen molar-refractivity contribution in [2.24, 2.45) is 0 Å². The number of aromatic amines is 1. The number of ether oxygens (including phenoxy) is 1. The number of halogens is 7. The summed E-state index contributed by atoms with van der Waals surface area (Å²) in [6.45, 7) is 1.42. The van der Waals surface area contributed by atoms with Crippen LogP contribution >= 0.6 is 0 Å². The van der Waals surface area contributed by atoms with Gasteiger partial charge in [-0.1, -0.05) is 0 Å². The summed E-state index contributed by atoms with van der Waals surface area (Å²) in [4.78, 5) is 19.5. The summed E-state index contributed by atoms with van der Waals surface area (Å²) in [5.74, 6) is -0.594. The highest BCUT2D eigenvalue weighted by Crippen LogP contribution is 2.27. The fraction of sp³-hybridized carbons (Fsp3) is 0.556. The Kier molecular flexibility index (Phi) is 6.09. The van der Waals surface area contributed by atoms with Gasteiger partial charge in [0, 0.05) is 13.0 Å². The molecule has 13 heteroatoms. The third-order valence-corrected chi connectivity index (χ3v) is 4.78. The first-order valence-corrected chi connectivity index (χ1v) is 9.25. The van der Waals surface area contributed by atoms with Crippen molar-refractivity contribution in [3.63, 3.8) is 0 Å². The Bertz CT molecular complexity index is 957. The number of nitrogens with zero attached hydrogens (tertiary/aromatic N) is 2. The number of aromatic nitrogens is 2. The summed E-state index contributed by atoms with van der Waals surface area (Å²) in [6, 6.07) is -0.453. The van der Waals surface area contributed by atoms with E-state index in [1.54, 1.807) is 0 Å². The zero-order valence-electron chi connectivity index (χ0n) is 16.4. The highest BCUT2D eigenvalue weighted by atomic mass is 19.4. The summed E-state index contributed by atoms with van der Waals surface area (Å²) >= 11 is 0. The Morgan fingerprint density at radius 1 is 1.23 bits per heavy atom. The van der Waals surface area contributed by atoms with Crippen LogP contribution in [0.25, 0.3) is 11.0 Å². The lowest BCUT2D eigenvalue weighted by Crippen LogP contribution is -2.40. The minimum atomic E-state index is -4.60. The molecule has 6 nitrogen and oxygen atoms in total. The molecule has 1 aromatic heterocycles. The van der Waals surface area contributed by atoms with E-state index in [1.807, 2.05) is 5.32 Å². The van der Waals surface area contributed by atoms with E-state index in [1.165, 1.54) is 13.0 Å². The van der Waals surface area contributed by atoms with Gasteiger partial charge in [0.15, 0.2) is 11.9 Å². The van der Waals surface area contributed by atoms with E-state index in [2.05, 4.69) is 9.97 Å². The van der Waals surface area contributed by atoms with Crippen LogP contribution in [0.15, 0.2) is 12.1 Å². The van der Waals surface area contributed by atoms with Crippen LogP contribution in [-0.4, -0.2) is 58.0 Å². The molecule has 1 aliphatic heterocycles. The van der Waals surface area contributed by atoms with Gasteiger partial charge in [-0.3, -0.25) is 0 Å². The maximum absolute atomic E-state index is 14.4. The molecular weight excluding hydrogens is 437 g/mol. The number of benzene rings is 1. The van der Waals surface area contributed by atoms with Crippen molar-refractivity contribution >= 4 is 17.1 Å².